The van der Waals surface area contributed by atoms with E-state index in [1.807, 2.05) is 26.0 Å². The van der Waals surface area contributed by atoms with Gasteiger partial charge in [-0.3, -0.25) is 14.3 Å². The zero-order valence-electron chi connectivity index (χ0n) is 23.7. The molecule has 2 aromatic heterocycles. The molecular formula is C29H34N6O5S. The third kappa shape index (κ3) is 5.49. The average molecular weight is 579 g/mol. The number of nitrogens with one attached hydrogen (secondary N) is 1. The lowest BCUT2D eigenvalue weighted by Crippen LogP contribution is -2.48. The highest BCUT2D eigenvalue weighted by atomic mass is 32.2. The SMILES string of the molecule is CCCc1nn(C)c2c(=O)[nH]c(-c3cc(S(=O)(=O)N4CCN(c5ccc(C(C)=O)cc5)CC4)ccc3OCC)nc12. The molecule has 0 unspecified atom stereocenters. The van der Waals surface area contributed by atoms with Gasteiger partial charge in [-0.05, 0) is 62.7 Å². The molecule has 0 spiro atoms. The quantitative estimate of drug-likeness (QED) is 0.299. The highest BCUT2D eigenvalue weighted by molar-refractivity contribution is 7.89. The van der Waals surface area contributed by atoms with Gasteiger partial charge in [0.15, 0.2) is 11.3 Å². The topological polar surface area (TPSA) is 130 Å². The zero-order valence-corrected chi connectivity index (χ0v) is 24.5. The highest BCUT2D eigenvalue weighted by Gasteiger charge is 2.30. The van der Waals surface area contributed by atoms with E-state index in [-0.39, 0.29) is 22.1 Å². The Morgan fingerprint density at radius 1 is 1.05 bits per heavy atom. The van der Waals surface area contributed by atoms with Gasteiger partial charge in [0.05, 0.1) is 22.8 Å². The fourth-order valence-corrected chi connectivity index (χ4v) is 6.61. The number of Topliss-reactive ketones (excluding diaryl/α,β-unsaturated/α-hetero) is 1. The van der Waals surface area contributed by atoms with Crippen LogP contribution in [0.25, 0.3) is 22.4 Å². The molecule has 216 valence electrons. The average Bonchev–Trinajstić information content (AvgIpc) is 3.28. The van der Waals surface area contributed by atoms with Crippen LogP contribution in [0.3, 0.4) is 0 Å². The minimum Gasteiger partial charge on any atom is -0.493 e. The number of H-pyrrole nitrogens is 1. The maximum absolute atomic E-state index is 13.7. The van der Waals surface area contributed by atoms with E-state index < -0.39 is 10.0 Å². The van der Waals surface area contributed by atoms with E-state index in [2.05, 4.69) is 15.0 Å². The summed E-state index contributed by atoms with van der Waals surface area (Å²) < 4.78 is 36.3. The van der Waals surface area contributed by atoms with Crippen LogP contribution in [-0.4, -0.2) is 71.0 Å². The van der Waals surface area contributed by atoms with Crippen LogP contribution in [0.4, 0.5) is 5.69 Å². The van der Waals surface area contributed by atoms with Crippen LogP contribution in [0.5, 0.6) is 5.75 Å². The van der Waals surface area contributed by atoms with Gasteiger partial charge in [0.1, 0.15) is 17.1 Å². The lowest BCUT2D eigenvalue weighted by molar-refractivity contribution is 0.101. The van der Waals surface area contributed by atoms with Crippen LogP contribution in [-0.2, 0) is 23.5 Å². The fraction of sp³-hybridized carbons (Fsp3) is 0.379. The van der Waals surface area contributed by atoms with Gasteiger partial charge < -0.3 is 14.6 Å². The molecule has 1 aliphatic rings. The normalized spacial score (nSPS) is 14.5. The predicted molar refractivity (Wildman–Crippen MR) is 157 cm³/mol. The second kappa shape index (κ2) is 11.5. The number of carbonyl (C=O) groups is 1. The van der Waals surface area contributed by atoms with E-state index in [1.165, 1.54) is 28.0 Å². The molecule has 4 aromatic rings. The number of aromatic nitrogens is 4. The smallest absolute Gasteiger partial charge is 0.277 e. The number of anilines is 1. The molecule has 11 nitrogen and oxygen atoms in total. The second-order valence-corrected chi connectivity index (χ2v) is 12.0. The Balaban J connectivity index is 1.45. The number of hydrogen-bond donors (Lipinski definition) is 1. The number of ether oxygens (including phenoxy) is 1. The monoisotopic (exact) mass is 578 g/mol. The van der Waals surface area contributed by atoms with Crippen molar-refractivity contribution in [1.82, 2.24) is 24.1 Å². The van der Waals surface area contributed by atoms with Gasteiger partial charge in [0.25, 0.3) is 5.56 Å². The summed E-state index contributed by atoms with van der Waals surface area (Å²) in [5, 5.41) is 4.47. The van der Waals surface area contributed by atoms with Gasteiger partial charge in [-0.1, -0.05) is 13.3 Å². The van der Waals surface area contributed by atoms with Crippen molar-refractivity contribution in [3.05, 3.63) is 64.1 Å². The molecule has 1 fully saturated rings. The highest BCUT2D eigenvalue weighted by Crippen LogP contribution is 2.32. The van der Waals surface area contributed by atoms with Crippen LogP contribution in [0.1, 0.15) is 43.2 Å². The van der Waals surface area contributed by atoms with Crippen molar-refractivity contribution >= 4 is 32.5 Å². The van der Waals surface area contributed by atoms with Gasteiger partial charge >= 0.3 is 0 Å². The maximum Gasteiger partial charge on any atom is 0.277 e. The van der Waals surface area contributed by atoms with Gasteiger partial charge in [0, 0.05) is 44.5 Å². The van der Waals surface area contributed by atoms with Gasteiger partial charge in [-0.25, -0.2) is 13.4 Å². The number of sulfonamides is 1. The largest absolute Gasteiger partial charge is 0.493 e. The first-order valence-corrected chi connectivity index (χ1v) is 15.2. The van der Waals surface area contributed by atoms with Crippen LogP contribution < -0.4 is 15.2 Å². The van der Waals surface area contributed by atoms with Crippen molar-refractivity contribution in [2.24, 2.45) is 7.05 Å². The van der Waals surface area contributed by atoms with Gasteiger partial charge in [0.2, 0.25) is 10.0 Å². The molecular weight excluding hydrogens is 544 g/mol. The number of rotatable bonds is 9. The molecule has 0 radical (unpaired) electrons. The summed E-state index contributed by atoms with van der Waals surface area (Å²) in [5.74, 6) is 0.657. The molecule has 2 aromatic carbocycles. The number of fused-ring (bicyclic) bond motifs is 1. The minimum atomic E-state index is -3.84. The molecule has 0 saturated carbocycles. The molecule has 0 amide bonds. The van der Waals surface area contributed by atoms with Crippen molar-refractivity contribution in [3.8, 4) is 17.1 Å². The lowest BCUT2D eigenvalue weighted by atomic mass is 10.1. The molecule has 1 saturated heterocycles. The predicted octanol–water partition coefficient (Wildman–Crippen LogP) is 3.39. The van der Waals surface area contributed by atoms with Crippen molar-refractivity contribution < 1.29 is 17.9 Å². The Morgan fingerprint density at radius 3 is 2.39 bits per heavy atom. The first kappa shape index (κ1) is 28.5. The summed E-state index contributed by atoms with van der Waals surface area (Å²) in [7, 11) is -2.14. The maximum atomic E-state index is 13.7. The van der Waals surface area contributed by atoms with Crippen LogP contribution >= 0.6 is 0 Å². The standard InChI is InChI=1S/C29H34N6O5S/c1-5-7-24-26-27(33(4)32-24)29(37)31-28(30-26)23-18-22(12-13-25(23)40-6-2)41(38,39)35-16-14-34(15-17-35)21-10-8-20(9-11-21)19(3)36/h8-13,18H,5-7,14-17H2,1-4H3,(H,30,31,37). The molecule has 1 N–H and O–H groups in total. The van der Waals surface area contributed by atoms with Crippen LogP contribution in [0.2, 0.25) is 0 Å². The Labute approximate surface area is 238 Å². The lowest BCUT2D eigenvalue weighted by Gasteiger charge is -2.35. The van der Waals surface area contributed by atoms with E-state index in [0.29, 0.717) is 72.8 Å². The molecule has 0 atom stereocenters. The van der Waals surface area contributed by atoms with E-state index in [4.69, 9.17) is 9.72 Å². The van der Waals surface area contributed by atoms with Gasteiger partial charge in [-0.2, -0.15) is 9.40 Å². The van der Waals surface area contributed by atoms with Crippen molar-refractivity contribution in [1.29, 1.82) is 0 Å². The molecule has 0 bridgehead atoms. The number of nitrogens with zero attached hydrogens (tertiary/aromatic N) is 5. The minimum absolute atomic E-state index is 0.00298. The van der Waals surface area contributed by atoms with Crippen LogP contribution in [0, 0.1) is 0 Å². The van der Waals surface area contributed by atoms with Crippen molar-refractivity contribution in [2.75, 3.05) is 37.7 Å². The summed E-state index contributed by atoms with van der Waals surface area (Å²) in [6.07, 6.45) is 1.50. The number of carbonyl (C=O) groups excluding carboxylic acids is 1. The van der Waals surface area contributed by atoms with Gasteiger partial charge in [-0.15, -0.1) is 0 Å². The van der Waals surface area contributed by atoms with E-state index in [0.717, 1.165) is 12.1 Å². The number of aryl methyl sites for hydroxylation is 2. The van der Waals surface area contributed by atoms with Crippen molar-refractivity contribution in [3.63, 3.8) is 0 Å². The number of benzene rings is 2. The second-order valence-electron chi connectivity index (χ2n) is 10.0. The zero-order chi connectivity index (χ0) is 29.3. The summed E-state index contributed by atoms with van der Waals surface area (Å²) >= 11 is 0. The third-order valence-corrected chi connectivity index (χ3v) is 9.17. The summed E-state index contributed by atoms with van der Waals surface area (Å²) in [5.41, 5.74) is 3.20. The fourth-order valence-electron chi connectivity index (χ4n) is 5.16. The molecule has 0 aliphatic carbocycles. The first-order valence-electron chi connectivity index (χ1n) is 13.7. The Hall–Kier alpha value is -4.03. The van der Waals surface area contributed by atoms with E-state index in [1.54, 1.807) is 25.2 Å². The summed E-state index contributed by atoms with van der Waals surface area (Å²) in [4.78, 5) is 34.4. The van der Waals surface area contributed by atoms with E-state index >= 15 is 0 Å². The summed E-state index contributed by atoms with van der Waals surface area (Å²) in [6.45, 7) is 7.37. The van der Waals surface area contributed by atoms with Crippen molar-refractivity contribution in [2.45, 2.75) is 38.5 Å². The Bertz CT molecular complexity index is 1750. The number of hydrogen-bond acceptors (Lipinski definition) is 8. The molecule has 1 aliphatic heterocycles. The summed E-state index contributed by atoms with van der Waals surface area (Å²) in [6, 6.07) is 12.0. The third-order valence-electron chi connectivity index (χ3n) is 7.27. The first-order chi connectivity index (χ1) is 19.6. The number of aromatic amines is 1. The molecule has 41 heavy (non-hydrogen) atoms. The van der Waals surface area contributed by atoms with E-state index in [9.17, 15) is 18.0 Å². The number of ketones is 1. The Kier molecular flexibility index (Phi) is 7.96. The molecule has 5 rings (SSSR count). The number of piperazine rings is 1. The molecule has 3 heterocycles. The Morgan fingerprint density at radius 2 is 1.76 bits per heavy atom. The van der Waals surface area contributed by atoms with Crippen LogP contribution in [0.15, 0.2) is 52.2 Å². The molecule has 12 heteroatoms.